The predicted molar refractivity (Wildman–Crippen MR) is 214 cm³/mol. The predicted octanol–water partition coefficient (Wildman–Crippen LogP) is 9.83. The van der Waals surface area contributed by atoms with Crippen LogP contribution in [0.25, 0.3) is 0 Å². The molecular weight excluding hydrogens is 685 g/mol. The Hall–Kier alpha value is -5.08. The van der Waals surface area contributed by atoms with Gasteiger partial charge in [0, 0.05) is 44.2 Å². The summed E-state index contributed by atoms with van der Waals surface area (Å²) in [4.78, 5) is 24.6. The van der Waals surface area contributed by atoms with Gasteiger partial charge in [-0.3, -0.25) is 0 Å². The second-order valence-corrected chi connectivity index (χ2v) is 13.9. The van der Waals surface area contributed by atoms with Crippen LogP contribution in [0.5, 0.6) is 5.75 Å². The summed E-state index contributed by atoms with van der Waals surface area (Å²) in [5.74, 6) is 15.1. The normalized spacial score (nSPS) is 10.2. The fourth-order valence-electron chi connectivity index (χ4n) is 4.73. The molecule has 0 aliphatic carbocycles. The zero-order valence-electron chi connectivity index (χ0n) is 29.7. The fraction of sp³-hybridized carbons (Fsp3) is 0.244. The van der Waals surface area contributed by atoms with Crippen LogP contribution in [0, 0.1) is 23.7 Å². The number of unbranched alkanes of at least 4 members (excludes halogenated alkanes) is 2. The number of carbonyl (C=O) groups excluding carboxylic acids is 2. The molecular formula is C45H44O5S2. The summed E-state index contributed by atoms with van der Waals surface area (Å²) in [6.07, 6.45) is 6.84. The third-order valence-corrected chi connectivity index (χ3v) is 9.83. The molecule has 0 N–H and O–H groups in total. The summed E-state index contributed by atoms with van der Waals surface area (Å²) in [6, 6.07) is 30.9. The Morgan fingerprint density at radius 1 is 0.615 bits per heavy atom. The van der Waals surface area contributed by atoms with E-state index in [1.54, 1.807) is 23.5 Å². The number of ether oxygens (including phenoxy) is 3. The summed E-state index contributed by atoms with van der Waals surface area (Å²) in [6.45, 7) is 10.3. The zero-order chi connectivity index (χ0) is 36.8. The van der Waals surface area contributed by atoms with Crippen molar-refractivity contribution in [3.63, 3.8) is 0 Å². The molecule has 4 aromatic rings. The number of benzene rings is 4. The highest BCUT2D eigenvalue weighted by Crippen LogP contribution is 2.23. The Balaban J connectivity index is 1.20. The van der Waals surface area contributed by atoms with E-state index in [1.807, 2.05) is 48.5 Å². The van der Waals surface area contributed by atoms with Crippen LogP contribution in [0.4, 0.5) is 0 Å². The molecule has 0 aliphatic heterocycles. The van der Waals surface area contributed by atoms with Crippen molar-refractivity contribution in [3.8, 4) is 29.4 Å². The zero-order valence-corrected chi connectivity index (χ0v) is 31.3. The molecule has 0 bridgehead atoms. The first-order valence-electron chi connectivity index (χ1n) is 17.4. The van der Waals surface area contributed by atoms with Gasteiger partial charge in [0.1, 0.15) is 12.4 Å². The van der Waals surface area contributed by atoms with Crippen LogP contribution in [0.15, 0.2) is 126 Å². The van der Waals surface area contributed by atoms with E-state index in [1.165, 1.54) is 21.9 Å². The largest absolute Gasteiger partial charge is 0.489 e. The third-order valence-electron chi connectivity index (χ3n) is 7.64. The molecule has 0 fully saturated rings. The molecule has 0 spiro atoms. The van der Waals surface area contributed by atoms with Gasteiger partial charge >= 0.3 is 11.9 Å². The highest BCUT2D eigenvalue weighted by molar-refractivity contribution is 7.99. The second kappa shape index (κ2) is 22.7. The Bertz CT molecular complexity index is 1890. The molecule has 0 heterocycles. The standard InChI is InChI=1S/C45H44O5S2/c1-4-40-33-38(16-13-37-21-26-42(27-22-37)52-32-10-8-30-49-45(47)6-3)23-28-43(40)50-34-39-17-14-35(15-18-39)11-12-36-19-24-41(25-20-36)51-31-9-7-29-48-44(46)5-2/h5-6,14-15,17-28,33H,2-4,7-10,29-32,34H2,1H3. The lowest BCUT2D eigenvalue weighted by Gasteiger charge is -2.11. The number of hydrogen-bond donors (Lipinski definition) is 0. The van der Waals surface area contributed by atoms with Crippen LogP contribution in [-0.4, -0.2) is 36.7 Å². The minimum atomic E-state index is -0.369. The van der Waals surface area contributed by atoms with Gasteiger partial charge in [0.15, 0.2) is 0 Å². The van der Waals surface area contributed by atoms with Gasteiger partial charge in [0.25, 0.3) is 0 Å². The smallest absolute Gasteiger partial charge is 0.330 e. The Kier molecular flexibility index (Phi) is 17.3. The van der Waals surface area contributed by atoms with Crippen molar-refractivity contribution in [1.82, 2.24) is 0 Å². The van der Waals surface area contributed by atoms with Crippen molar-refractivity contribution in [2.24, 2.45) is 0 Å². The van der Waals surface area contributed by atoms with Gasteiger partial charge in [-0.15, -0.1) is 23.5 Å². The lowest BCUT2D eigenvalue weighted by molar-refractivity contribution is -0.138. The SMILES string of the molecule is C=CC(=O)OCCCCSc1ccc(C#Cc2ccc(COc3ccc(C#Cc4ccc(SCCCCOC(=O)C=C)cc4)cc3CC)cc2)cc1. The highest BCUT2D eigenvalue weighted by Gasteiger charge is 2.05. The maximum Gasteiger partial charge on any atom is 0.330 e. The van der Waals surface area contributed by atoms with Crippen LogP contribution in [-0.2, 0) is 32.1 Å². The van der Waals surface area contributed by atoms with Crippen molar-refractivity contribution in [2.75, 3.05) is 24.7 Å². The van der Waals surface area contributed by atoms with Crippen LogP contribution < -0.4 is 4.74 Å². The molecule has 0 saturated heterocycles. The molecule has 266 valence electrons. The van der Waals surface area contributed by atoms with Crippen molar-refractivity contribution in [2.45, 2.75) is 55.4 Å². The molecule has 52 heavy (non-hydrogen) atoms. The van der Waals surface area contributed by atoms with E-state index >= 15 is 0 Å². The number of esters is 2. The van der Waals surface area contributed by atoms with Gasteiger partial charge in [0.05, 0.1) is 13.2 Å². The van der Waals surface area contributed by atoms with E-state index in [-0.39, 0.29) is 11.9 Å². The van der Waals surface area contributed by atoms with Gasteiger partial charge < -0.3 is 14.2 Å². The van der Waals surface area contributed by atoms with Crippen LogP contribution in [0.2, 0.25) is 0 Å². The van der Waals surface area contributed by atoms with E-state index in [0.29, 0.717) is 19.8 Å². The molecule has 4 rings (SSSR count). The van der Waals surface area contributed by atoms with E-state index in [2.05, 4.69) is 86.2 Å². The molecule has 0 radical (unpaired) electrons. The topological polar surface area (TPSA) is 61.8 Å². The van der Waals surface area contributed by atoms with Crippen LogP contribution >= 0.6 is 23.5 Å². The minimum absolute atomic E-state index is 0.368. The lowest BCUT2D eigenvalue weighted by Crippen LogP contribution is -2.01. The molecule has 0 saturated carbocycles. The van der Waals surface area contributed by atoms with Crippen molar-refractivity contribution < 1.29 is 23.8 Å². The van der Waals surface area contributed by atoms with Crippen LogP contribution in [0.3, 0.4) is 0 Å². The first-order valence-corrected chi connectivity index (χ1v) is 19.4. The number of hydrogen-bond acceptors (Lipinski definition) is 7. The van der Waals surface area contributed by atoms with Gasteiger partial charge in [-0.2, -0.15) is 0 Å². The lowest BCUT2D eigenvalue weighted by atomic mass is 10.1. The first-order chi connectivity index (χ1) is 25.4. The molecule has 0 amide bonds. The van der Waals surface area contributed by atoms with Gasteiger partial charge in [-0.25, -0.2) is 9.59 Å². The number of thioether (sulfide) groups is 2. The maximum atomic E-state index is 11.1. The van der Waals surface area contributed by atoms with Crippen molar-refractivity contribution in [3.05, 3.63) is 150 Å². The molecule has 5 nitrogen and oxygen atoms in total. The molecule has 7 heteroatoms. The fourth-order valence-corrected chi connectivity index (χ4v) is 6.55. The summed E-state index contributed by atoms with van der Waals surface area (Å²) >= 11 is 3.57. The third kappa shape index (κ3) is 14.6. The van der Waals surface area contributed by atoms with Gasteiger partial charge in [-0.1, -0.05) is 55.9 Å². The molecule has 0 unspecified atom stereocenters. The summed E-state index contributed by atoms with van der Waals surface area (Å²) in [7, 11) is 0. The monoisotopic (exact) mass is 728 g/mol. The Labute approximate surface area is 317 Å². The van der Waals surface area contributed by atoms with Crippen LogP contribution in [0.1, 0.15) is 66.0 Å². The van der Waals surface area contributed by atoms with Crippen molar-refractivity contribution >= 4 is 35.5 Å². The van der Waals surface area contributed by atoms with Gasteiger partial charge in [-0.05, 0) is 134 Å². The number of rotatable bonds is 18. The van der Waals surface area contributed by atoms with E-state index in [9.17, 15) is 9.59 Å². The van der Waals surface area contributed by atoms with E-state index in [4.69, 9.17) is 14.2 Å². The summed E-state index contributed by atoms with van der Waals surface area (Å²) in [5, 5.41) is 0. The average molecular weight is 729 g/mol. The Morgan fingerprint density at radius 3 is 1.52 bits per heavy atom. The molecule has 0 aromatic heterocycles. The minimum Gasteiger partial charge on any atom is -0.489 e. The highest BCUT2D eigenvalue weighted by atomic mass is 32.2. The maximum absolute atomic E-state index is 11.1. The number of carbonyl (C=O) groups is 2. The summed E-state index contributed by atoms with van der Waals surface area (Å²) in [5.41, 5.74) is 6.04. The Morgan fingerprint density at radius 2 is 1.06 bits per heavy atom. The molecule has 4 aromatic carbocycles. The molecule has 0 atom stereocenters. The summed E-state index contributed by atoms with van der Waals surface area (Å²) < 4.78 is 16.2. The second-order valence-electron chi connectivity index (χ2n) is 11.6. The van der Waals surface area contributed by atoms with Gasteiger partial charge in [0.2, 0.25) is 0 Å². The van der Waals surface area contributed by atoms with Crippen molar-refractivity contribution in [1.29, 1.82) is 0 Å². The average Bonchev–Trinajstić information content (AvgIpc) is 3.19. The molecule has 0 aliphatic rings. The number of aryl methyl sites for hydroxylation is 1. The van der Waals surface area contributed by atoms with E-state index < -0.39 is 0 Å². The first kappa shape index (κ1) is 39.7. The quantitative estimate of drug-likeness (QED) is 0.0332. The van der Waals surface area contributed by atoms with E-state index in [0.717, 1.165) is 82.7 Å².